The van der Waals surface area contributed by atoms with Gasteiger partial charge < -0.3 is 10.6 Å². The van der Waals surface area contributed by atoms with Gasteiger partial charge in [-0.15, -0.1) is 0 Å². The highest BCUT2D eigenvalue weighted by atomic mass is 16.2. The van der Waals surface area contributed by atoms with E-state index in [-0.39, 0.29) is 11.9 Å². The van der Waals surface area contributed by atoms with Gasteiger partial charge in [0.15, 0.2) is 0 Å². The van der Waals surface area contributed by atoms with Gasteiger partial charge in [-0.05, 0) is 44.4 Å². The normalized spacial score (nSPS) is 21.3. The monoisotopic (exact) mass is 298 g/mol. The second kappa shape index (κ2) is 5.93. The number of hydrogen-bond donors (Lipinski definition) is 1. The molecule has 0 spiro atoms. The minimum absolute atomic E-state index is 0.0447. The lowest BCUT2D eigenvalue weighted by Gasteiger charge is -2.20. The van der Waals surface area contributed by atoms with E-state index in [1.165, 1.54) is 0 Å². The van der Waals surface area contributed by atoms with Crippen molar-refractivity contribution in [3.8, 4) is 5.69 Å². The fourth-order valence-corrected chi connectivity index (χ4v) is 3.15. The van der Waals surface area contributed by atoms with Crippen molar-refractivity contribution in [2.45, 2.75) is 26.3 Å². The Morgan fingerprint density at radius 3 is 2.86 bits per heavy atom. The molecule has 1 aromatic carbocycles. The van der Waals surface area contributed by atoms with E-state index in [0.29, 0.717) is 18.0 Å². The SMILES string of the molecule is Cc1ccccc1-n1cc(C(=O)N2CC(CN)CC2C)cn1. The average Bonchev–Trinajstić information content (AvgIpc) is 3.14. The molecule has 2 heterocycles. The number of carbonyl (C=O) groups excluding carboxylic acids is 1. The molecule has 1 amide bonds. The molecule has 1 fully saturated rings. The molecule has 116 valence electrons. The lowest BCUT2D eigenvalue weighted by Crippen LogP contribution is -2.34. The number of aromatic nitrogens is 2. The first-order valence-corrected chi connectivity index (χ1v) is 7.72. The van der Waals surface area contributed by atoms with Crippen molar-refractivity contribution in [3.05, 3.63) is 47.8 Å². The standard InChI is InChI=1S/C17H22N4O/c1-12-5-3-4-6-16(12)21-11-15(9-19-21)17(22)20-10-14(8-18)7-13(20)2/h3-6,9,11,13-14H,7-8,10,18H2,1-2H3. The van der Waals surface area contributed by atoms with Crippen LogP contribution in [-0.2, 0) is 0 Å². The largest absolute Gasteiger partial charge is 0.336 e. The summed E-state index contributed by atoms with van der Waals surface area (Å²) in [6, 6.07) is 8.24. The Morgan fingerprint density at radius 2 is 2.18 bits per heavy atom. The van der Waals surface area contributed by atoms with Crippen LogP contribution in [0.5, 0.6) is 0 Å². The molecule has 0 saturated carbocycles. The van der Waals surface area contributed by atoms with Gasteiger partial charge in [0.25, 0.3) is 5.91 Å². The van der Waals surface area contributed by atoms with Crippen molar-refractivity contribution in [2.75, 3.05) is 13.1 Å². The summed E-state index contributed by atoms with van der Waals surface area (Å²) in [4.78, 5) is 14.6. The Kier molecular flexibility index (Phi) is 3.98. The molecule has 0 bridgehead atoms. The van der Waals surface area contributed by atoms with Gasteiger partial charge in [-0.1, -0.05) is 18.2 Å². The molecule has 2 atom stereocenters. The molecular weight excluding hydrogens is 276 g/mol. The average molecular weight is 298 g/mol. The van der Waals surface area contributed by atoms with Crippen LogP contribution in [0.25, 0.3) is 5.69 Å². The second-order valence-electron chi connectivity index (χ2n) is 6.10. The minimum atomic E-state index is 0.0447. The number of benzene rings is 1. The molecule has 2 aromatic rings. The number of aryl methyl sites for hydroxylation is 1. The first-order valence-electron chi connectivity index (χ1n) is 7.72. The highest BCUT2D eigenvalue weighted by Crippen LogP contribution is 2.24. The topological polar surface area (TPSA) is 64.2 Å². The van der Waals surface area contributed by atoms with Crippen LogP contribution in [0.4, 0.5) is 0 Å². The molecular formula is C17H22N4O. The van der Waals surface area contributed by atoms with Crippen LogP contribution in [0.15, 0.2) is 36.7 Å². The van der Waals surface area contributed by atoms with Gasteiger partial charge in [0.2, 0.25) is 0 Å². The van der Waals surface area contributed by atoms with Gasteiger partial charge >= 0.3 is 0 Å². The highest BCUT2D eigenvalue weighted by molar-refractivity contribution is 5.94. The van der Waals surface area contributed by atoms with Crippen LogP contribution in [0.2, 0.25) is 0 Å². The Morgan fingerprint density at radius 1 is 1.41 bits per heavy atom. The lowest BCUT2D eigenvalue weighted by atomic mass is 10.1. The quantitative estimate of drug-likeness (QED) is 0.942. The van der Waals surface area contributed by atoms with Gasteiger partial charge in [0.05, 0.1) is 17.4 Å². The number of nitrogens with zero attached hydrogens (tertiary/aromatic N) is 3. The number of amides is 1. The molecule has 3 rings (SSSR count). The van der Waals surface area contributed by atoms with Crippen LogP contribution in [-0.4, -0.2) is 39.7 Å². The van der Waals surface area contributed by atoms with Crippen LogP contribution in [0, 0.1) is 12.8 Å². The molecule has 22 heavy (non-hydrogen) atoms. The second-order valence-corrected chi connectivity index (χ2v) is 6.10. The Balaban J connectivity index is 1.82. The van der Waals surface area contributed by atoms with E-state index in [1.807, 2.05) is 42.3 Å². The Labute approximate surface area is 130 Å². The molecule has 0 aliphatic carbocycles. The van der Waals surface area contributed by atoms with E-state index in [4.69, 9.17) is 5.73 Å². The van der Waals surface area contributed by atoms with Crippen LogP contribution < -0.4 is 5.73 Å². The smallest absolute Gasteiger partial charge is 0.257 e. The maximum Gasteiger partial charge on any atom is 0.257 e. The van der Waals surface area contributed by atoms with E-state index in [2.05, 4.69) is 12.0 Å². The summed E-state index contributed by atoms with van der Waals surface area (Å²) >= 11 is 0. The van der Waals surface area contributed by atoms with E-state index in [9.17, 15) is 4.79 Å². The minimum Gasteiger partial charge on any atom is -0.336 e. The maximum atomic E-state index is 12.7. The molecule has 2 N–H and O–H groups in total. The van der Waals surface area contributed by atoms with E-state index in [1.54, 1.807) is 10.9 Å². The first-order chi connectivity index (χ1) is 10.6. The molecule has 2 unspecified atom stereocenters. The lowest BCUT2D eigenvalue weighted by molar-refractivity contribution is 0.0743. The Bertz CT molecular complexity index is 679. The zero-order chi connectivity index (χ0) is 15.7. The Hall–Kier alpha value is -2.14. The molecule has 0 radical (unpaired) electrons. The van der Waals surface area contributed by atoms with Crippen LogP contribution in [0.3, 0.4) is 0 Å². The predicted molar refractivity (Wildman–Crippen MR) is 86.0 cm³/mol. The summed E-state index contributed by atoms with van der Waals surface area (Å²) in [5.74, 6) is 0.452. The number of rotatable bonds is 3. The van der Waals surface area contributed by atoms with Crippen molar-refractivity contribution in [2.24, 2.45) is 11.7 Å². The number of carbonyl (C=O) groups is 1. The number of nitrogens with two attached hydrogens (primary N) is 1. The summed E-state index contributed by atoms with van der Waals surface area (Å²) in [6.45, 7) is 5.49. The third-order valence-corrected chi connectivity index (χ3v) is 4.45. The number of hydrogen-bond acceptors (Lipinski definition) is 3. The van der Waals surface area contributed by atoms with Gasteiger partial charge in [-0.3, -0.25) is 4.79 Å². The molecule has 5 nitrogen and oxygen atoms in total. The number of para-hydroxylation sites is 1. The summed E-state index contributed by atoms with van der Waals surface area (Å²) in [5.41, 5.74) is 8.49. The maximum absolute atomic E-state index is 12.7. The zero-order valence-corrected chi connectivity index (χ0v) is 13.1. The molecule has 1 aliphatic heterocycles. The fraction of sp³-hybridized carbons (Fsp3) is 0.412. The zero-order valence-electron chi connectivity index (χ0n) is 13.1. The molecule has 1 aliphatic rings. The fourth-order valence-electron chi connectivity index (χ4n) is 3.15. The van der Waals surface area contributed by atoms with E-state index < -0.39 is 0 Å². The molecule has 5 heteroatoms. The van der Waals surface area contributed by atoms with Gasteiger partial charge in [0, 0.05) is 18.8 Å². The molecule has 1 saturated heterocycles. The summed E-state index contributed by atoms with van der Waals surface area (Å²) in [7, 11) is 0. The van der Waals surface area contributed by atoms with Gasteiger partial charge in [-0.25, -0.2) is 4.68 Å². The van der Waals surface area contributed by atoms with E-state index >= 15 is 0 Å². The van der Waals surface area contributed by atoms with Gasteiger partial charge in [0.1, 0.15) is 0 Å². The predicted octanol–water partition coefficient (Wildman–Crippen LogP) is 1.99. The van der Waals surface area contributed by atoms with Crippen molar-refractivity contribution in [1.82, 2.24) is 14.7 Å². The highest BCUT2D eigenvalue weighted by Gasteiger charge is 2.32. The summed E-state index contributed by atoms with van der Waals surface area (Å²) in [6.07, 6.45) is 4.44. The van der Waals surface area contributed by atoms with Crippen molar-refractivity contribution < 1.29 is 4.79 Å². The summed E-state index contributed by atoms with van der Waals surface area (Å²) < 4.78 is 1.77. The third-order valence-electron chi connectivity index (χ3n) is 4.45. The summed E-state index contributed by atoms with van der Waals surface area (Å²) in [5, 5.41) is 4.35. The number of likely N-dealkylation sites (tertiary alicyclic amines) is 1. The van der Waals surface area contributed by atoms with Crippen molar-refractivity contribution in [1.29, 1.82) is 0 Å². The van der Waals surface area contributed by atoms with Crippen molar-refractivity contribution in [3.63, 3.8) is 0 Å². The third kappa shape index (κ3) is 2.64. The van der Waals surface area contributed by atoms with Gasteiger partial charge in [-0.2, -0.15) is 5.10 Å². The van der Waals surface area contributed by atoms with Crippen LogP contribution in [0.1, 0.15) is 29.3 Å². The van der Waals surface area contributed by atoms with Crippen molar-refractivity contribution >= 4 is 5.91 Å². The molecule has 1 aromatic heterocycles. The van der Waals surface area contributed by atoms with E-state index in [0.717, 1.165) is 24.2 Å². The van der Waals surface area contributed by atoms with Crippen LogP contribution >= 0.6 is 0 Å². The first kappa shape index (κ1) is 14.8.